The standard InChI is InChI=1S/C15H21FN2O2/c1-3-11-4-5-12(8-13(11)16)17-15(20)18-7-6-10(2)14(19)9-18/h4-5,8,10,14,19H,3,6-7,9H2,1-2H3,(H,17,20). The minimum absolute atomic E-state index is 0.209. The average Bonchev–Trinajstić information content (AvgIpc) is 2.42. The molecule has 0 radical (unpaired) electrons. The van der Waals surface area contributed by atoms with E-state index in [4.69, 9.17) is 0 Å². The van der Waals surface area contributed by atoms with E-state index in [0.717, 1.165) is 6.42 Å². The number of aliphatic hydroxyl groups excluding tert-OH is 1. The maximum Gasteiger partial charge on any atom is 0.321 e. The highest BCUT2D eigenvalue weighted by Gasteiger charge is 2.27. The van der Waals surface area contributed by atoms with Crippen molar-refractivity contribution in [3.63, 3.8) is 0 Å². The van der Waals surface area contributed by atoms with Crippen molar-refractivity contribution in [1.29, 1.82) is 0 Å². The highest BCUT2D eigenvalue weighted by molar-refractivity contribution is 5.89. The van der Waals surface area contributed by atoms with Gasteiger partial charge in [-0.15, -0.1) is 0 Å². The Bertz CT molecular complexity index is 493. The van der Waals surface area contributed by atoms with Gasteiger partial charge in [-0.2, -0.15) is 0 Å². The van der Waals surface area contributed by atoms with Crippen molar-refractivity contribution >= 4 is 11.7 Å². The summed E-state index contributed by atoms with van der Waals surface area (Å²) in [7, 11) is 0. The third-order valence-corrected chi connectivity index (χ3v) is 3.89. The molecule has 1 fully saturated rings. The average molecular weight is 280 g/mol. The van der Waals surface area contributed by atoms with Gasteiger partial charge in [-0.3, -0.25) is 0 Å². The zero-order valence-electron chi connectivity index (χ0n) is 11.9. The highest BCUT2D eigenvalue weighted by atomic mass is 19.1. The number of rotatable bonds is 2. The van der Waals surface area contributed by atoms with E-state index < -0.39 is 6.10 Å². The van der Waals surface area contributed by atoms with Crippen LogP contribution in [0.25, 0.3) is 0 Å². The van der Waals surface area contributed by atoms with Crippen LogP contribution in [0.1, 0.15) is 25.8 Å². The summed E-state index contributed by atoms with van der Waals surface area (Å²) in [4.78, 5) is 13.6. The molecule has 1 aliphatic rings. The summed E-state index contributed by atoms with van der Waals surface area (Å²) in [6.07, 6.45) is 0.905. The first-order valence-corrected chi connectivity index (χ1v) is 7.03. The van der Waals surface area contributed by atoms with Crippen LogP contribution in [0.15, 0.2) is 18.2 Å². The fraction of sp³-hybridized carbons (Fsp3) is 0.533. The van der Waals surface area contributed by atoms with Crippen LogP contribution in [0.3, 0.4) is 0 Å². The number of aryl methyl sites for hydroxylation is 1. The van der Waals surface area contributed by atoms with Gasteiger partial charge < -0.3 is 15.3 Å². The van der Waals surface area contributed by atoms with Gasteiger partial charge in [-0.25, -0.2) is 9.18 Å². The number of nitrogens with one attached hydrogen (secondary N) is 1. The lowest BCUT2D eigenvalue weighted by molar-refractivity contribution is 0.0464. The Morgan fingerprint density at radius 2 is 2.30 bits per heavy atom. The molecule has 4 nitrogen and oxygen atoms in total. The Morgan fingerprint density at radius 1 is 1.55 bits per heavy atom. The molecule has 2 N–H and O–H groups in total. The van der Waals surface area contributed by atoms with Gasteiger partial charge in [0.1, 0.15) is 5.82 Å². The Kier molecular flexibility index (Phi) is 4.60. The van der Waals surface area contributed by atoms with E-state index in [1.807, 2.05) is 13.8 Å². The lowest BCUT2D eigenvalue weighted by atomic mass is 9.96. The number of hydrogen-bond donors (Lipinski definition) is 2. The highest BCUT2D eigenvalue weighted by Crippen LogP contribution is 2.19. The molecule has 20 heavy (non-hydrogen) atoms. The number of carbonyl (C=O) groups is 1. The number of urea groups is 1. The molecule has 1 aromatic rings. The van der Waals surface area contributed by atoms with E-state index in [0.29, 0.717) is 30.8 Å². The number of nitrogens with zero attached hydrogens (tertiary/aromatic N) is 1. The molecule has 1 aliphatic heterocycles. The van der Waals surface area contributed by atoms with Crippen molar-refractivity contribution in [3.8, 4) is 0 Å². The van der Waals surface area contributed by atoms with Crippen LogP contribution in [-0.4, -0.2) is 35.2 Å². The van der Waals surface area contributed by atoms with Gasteiger partial charge in [0.05, 0.1) is 6.10 Å². The summed E-state index contributed by atoms with van der Waals surface area (Å²) < 4.78 is 13.7. The summed E-state index contributed by atoms with van der Waals surface area (Å²) in [6, 6.07) is 4.42. The summed E-state index contributed by atoms with van der Waals surface area (Å²) in [5.41, 5.74) is 1.07. The van der Waals surface area contributed by atoms with E-state index in [9.17, 15) is 14.3 Å². The number of anilines is 1. The summed E-state index contributed by atoms with van der Waals surface area (Å²) in [5.74, 6) is -0.0991. The van der Waals surface area contributed by atoms with Gasteiger partial charge in [0.15, 0.2) is 0 Å². The fourth-order valence-corrected chi connectivity index (χ4v) is 2.35. The van der Waals surface area contributed by atoms with Gasteiger partial charge in [0.25, 0.3) is 0 Å². The lowest BCUT2D eigenvalue weighted by Gasteiger charge is -2.34. The molecule has 110 valence electrons. The zero-order chi connectivity index (χ0) is 14.7. The molecule has 2 rings (SSSR count). The molecule has 2 atom stereocenters. The molecule has 0 saturated carbocycles. The number of β-amino-alcohol motifs (C(OH)–C–C–N with tert-alkyl or cyclic N) is 1. The summed E-state index contributed by atoms with van der Waals surface area (Å²) in [6.45, 7) is 4.79. The largest absolute Gasteiger partial charge is 0.391 e. The first kappa shape index (κ1) is 14.8. The smallest absolute Gasteiger partial charge is 0.321 e. The van der Waals surface area contributed by atoms with Crippen LogP contribution < -0.4 is 5.32 Å². The molecular formula is C15H21FN2O2. The van der Waals surface area contributed by atoms with Crippen molar-refractivity contribution < 1.29 is 14.3 Å². The van der Waals surface area contributed by atoms with Crippen LogP contribution >= 0.6 is 0 Å². The first-order chi connectivity index (χ1) is 9.51. The molecule has 1 heterocycles. The van der Waals surface area contributed by atoms with Crippen LogP contribution in [0, 0.1) is 11.7 Å². The van der Waals surface area contributed by atoms with E-state index in [-0.39, 0.29) is 17.8 Å². The molecule has 0 aromatic heterocycles. The van der Waals surface area contributed by atoms with Gasteiger partial charge in [0, 0.05) is 18.8 Å². The first-order valence-electron chi connectivity index (χ1n) is 7.03. The van der Waals surface area contributed by atoms with Crippen LogP contribution in [0.4, 0.5) is 14.9 Å². The van der Waals surface area contributed by atoms with Crippen molar-refractivity contribution in [3.05, 3.63) is 29.6 Å². The number of hydrogen-bond acceptors (Lipinski definition) is 2. The maximum atomic E-state index is 13.7. The number of benzene rings is 1. The Hall–Kier alpha value is -1.62. The minimum Gasteiger partial charge on any atom is -0.391 e. The van der Waals surface area contributed by atoms with Crippen LogP contribution in [-0.2, 0) is 6.42 Å². The molecule has 1 aromatic carbocycles. The van der Waals surface area contributed by atoms with Crippen molar-refractivity contribution in [2.45, 2.75) is 32.8 Å². The number of amides is 2. The second-order valence-electron chi connectivity index (χ2n) is 5.37. The van der Waals surface area contributed by atoms with E-state index in [1.165, 1.54) is 6.07 Å². The SMILES string of the molecule is CCc1ccc(NC(=O)N2CCC(C)C(O)C2)cc1F. The fourth-order valence-electron chi connectivity index (χ4n) is 2.35. The monoisotopic (exact) mass is 280 g/mol. The van der Waals surface area contributed by atoms with Gasteiger partial charge in [0.2, 0.25) is 0 Å². The minimum atomic E-state index is -0.492. The topological polar surface area (TPSA) is 52.6 Å². The summed E-state index contributed by atoms with van der Waals surface area (Å²) in [5, 5.41) is 12.5. The number of piperidine rings is 1. The number of aliphatic hydroxyl groups is 1. The molecule has 5 heteroatoms. The quantitative estimate of drug-likeness (QED) is 0.875. The third kappa shape index (κ3) is 3.28. The second-order valence-corrected chi connectivity index (χ2v) is 5.37. The maximum absolute atomic E-state index is 13.7. The van der Waals surface area contributed by atoms with Gasteiger partial charge >= 0.3 is 6.03 Å². The van der Waals surface area contributed by atoms with Crippen LogP contribution in [0.5, 0.6) is 0 Å². The van der Waals surface area contributed by atoms with Crippen molar-refractivity contribution in [2.75, 3.05) is 18.4 Å². The number of halogens is 1. The molecule has 0 aliphatic carbocycles. The molecule has 1 saturated heterocycles. The molecular weight excluding hydrogens is 259 g/mol. The van der Waals surface area contributed by atoms with Crippen molar-refractivity contribution in [1.82, 2.24) is 4.90 Å². The molecule has 2 amide bonds. The Morgan fingerprint density at radius 3 is 2.90 bits per heavy atom. The van der Waals surface area contributed by atoms with Gasteiger partial charge in [-0.1, -0.05) is 19.9 Å². The predicted octanol–water partition coefficient (Wildman–Crippen LogP) is 2.62. The van der Waals surface area contributed by atoms with E-state index in [2.05, 4.69) is 5.32 Å². The molecule has 2 unspecified atom stereocenters. The van der Waals surface area contributed by atoms with Crippen LogP contribution in [0.2, 0.25) is 0 Å². The Balaban J connectivity index is 1.99. The summed E-state index contributed by atoms with van der Waals surface area (Å²) >= 11 is 0. The normalized spacial score (nSPS) is 22.7. The van der Waals surface area contributed by atoms with E-state index in [1.54, 1.807) is 17.0 Å². The van der Waals surface area contributed by atoms with Gasteiger partial charge in [-0.05, 0) is 36.5 Å². The molecule has 0 spiro atoms. The Labute approximate surface area is 118 Å². The zero-order valence-corrected chi connectivity index (χ0v) is 11.9. The second kappa shape index (κ2) is 6.22. The number of likely N-dealkylation sites (tertiary alicyclic amines) is 1. The predicted molar refractivity (Wildman–Crippen MR) is 76.2 cm³/mol. The third-order valence-electron chi connectivity index (χ3n) is 3.89. The van der Waals surface area contributed by atoms with E-state index >= 15 is 0 Å². The number of carbonyl (C=O) groups excluding carboxylic acids is 1. The molecule has 0 bridgehead atoms. The van der Waals surface area contributed by atoms with Crippen molar-refractivity contribution in [2.24, 2.45) is 5.92 Å². The lowest BCUT2D eigenvalue weighted by Crippen LogP contribution is -2.47.